The van der Waals surface area contributed by atoms with Gasteiger partial charge in [0, 0.05) is 25.2 Å². The highest BCUT2D eigenvalue weighted by Gasteiger charge is 2.33. The third-order valence-electron chi connectivity index (χ3n) is 3.63. The average molecular weight is 251 g/mol. The van der Waals surface area contributed by atoms with Gasteiger partial charge >= 0.3 is 0 Å². The molecular weight excluding hydrogens is 230 g/mol. The molecule has 1 aromatic rings. The SMILES string of the molecule is COc1c(N)ncnc1N1CCN(C)C(C)(C)C1. The van der Waals surface area contributed by atoms with Crippen LogP contribution < -0.4 is 15.4 Å². The number of anilines is 2. The van der Waals surface area contributed by atoms with Gasteiger partial charge in [-0.15, -0.1) is 0 Å². The van der Waals surface area contributed by atoms with Gasteiger partial charge in [0.05, 0.1) is 7.11 Å². The van der Waals surface area contributed by atoms with Crippen molar-refractivity contribution in [2.24, 2.45) is 0 Å². The number of hydrogen-bond donors (Lipinski definition) is 1. The molecule has 0 unspecified atom stereocenters. The number of methoxy groups -OCH3 is 1. The Balaban J connectivity index is 2.30. The monoisotopic (exact) mass is 251 g/mol. The van der Waals surface area contributed by atoms with Crippen molar-refractivity contribution in [1.29, 1.82) is 0 Å². The molecule has 1 aliphatic heterocycles. The number of nitrogen functional groups attached to an aromatic ring is 1. The Morgan fingerprint density at radius 2 is 2.06 bits per heavy atom. The van der Waals surface area contributed by atoms with Crippen molar-refractivity contribution in [3.05, 3.63) is 6.33 Å². The average Bonchev–Trinajstić information content (AvgIpc) is 2.32. The zero-order valence-electron chi connectivity index (χ0n) is 11.5. The van der Waals surface area contributed by atoms with E-state index >= 15 is 0 Å². The largest absolute Gasteiger partial charge is 0.490 e. The molecule has 0 bridgehead atoms. The van der Waals surface area contributed by atoms with Crippen LogP contribution in [0.25, 0.3) is 0 Å². The maximum Gasteiger partial charge on any atom is 0.204 e. The van der Waals surface area contributed by atoms with Crippen LogP contribution in [0.3, 0.4) is 0 Å². The molecule has 1 aliphatic rings. The Bertz CT molecular complexity index is 434. The lowest BCUT2D eigenvalue weighted by atomic mass is 10.00. The molecule has 2 N–H and O–H groups in total. The Hall–Kier alpha value is -1.56. The second-order valence-corrected chi connectivity index (χ2v) is 5.27. The highest BCUT2D eigenvalue weighted by molar-refractivity contribution is 5.63. The van der Waals surface area contributed by atoms with Gasteiger partial charge in [-0.25, -0.2) is 9.97 Å². The van der Waals surface area contributed by atoms with Crippen LogP contribution in [0.4, 0.5) is 11.6 Å². The van der Waals surface area contributed by atoms with Crippen molar-refractivity contribution in [2.75, 3.05) is 44.4 Å². The first kappa shape index (κ1) is 12.9. The number of hydrogen-bond acceptors (Lipinski definition) is 6. The fourth-order valence-corrected chi connectivity index (χ4v) is 2.22. The van der Waals surface area contributed by atoms with Gasteiger partial charge in [0.2, 0.25) is 5.75 Å². The van der Waals surface area contributed by atoms with Crippen molar-refractivity contribution < 1.29 is 4.74 Å². The van der Waals surface area contributed by atoms with Gasteiger partial charge in [-0.2, -0.15) is 0 Å². The zero-order chi connectivity index (χ0) is 13.3. The lowest BCUT2D eigenvalue weighted by Gasteiger charge is -2.45. The molecule has 0 spiro atoms. The molecule has 0 saturated carbocycles. The van der Waals surface area contributed by atoms with Crippen LogP contribution in [0, 0.1) is 0 Å². The maximum atomic E-state index is 5.82. The molecule has 0 amide bonds. The Morgan fingerprint density at radius 1 is 1.33 bits per heavy atom. The summed E-state index contributed by atoms with van der Waals surface area (Å²) >= 11 is 0. The molecule has 100 valence electrons. The Morgan fingerprint density at radius 3 is 2.67 bits per heavy atom. The summed E-state index contributed by atoms with van der Waals surface area (Å²) in [7, 11) is 3.74. The summed E-state index contributed by atoms with van der Waals surface area (Å²) in [5.74, 6) is 1.74. The number of piperazine rings is 1. The van der Waals surface area contributed by atoms with E-state index in [1.165, 1.54) is 6.33 Å². The first-order valence-electron chi connectivity index (χ1n) is 6.06. The number of rotatable bonds is 2. The van der Waals surface area contributed by atoms with Gasteiger partial charge in [0.1, 0.15) is 6.33 Å². The molecule has 6 heteroatoms. The third kappa shape index (κ3) is 2.20. The minimum Gasteiger partial charge on any atom is -0.490 e. The van der Waals surface area contributed by atoms with Crippen molar-refractivity contribution in [3.8, 4) is 5.75 Å². The molecule has 2 rings (SSSR count). The summed E-state index contributed by atoms with van der Waals surface area (Å²) in [5.41, 5.74) is 5.92. The number of likely N-dealkylation sites (N-methyl/N-ethyl adjacent to an activating group) is 1. The molecule has 6 nitrogen and oxygen atoms in total. The van der Waals surface area contributed by atoms with E-state index < -0.39 is 0 Å². The van der Waals surface area contributed by atoms with Crippen molar-refractivity contribution in [3.63, 3.8) is 0 Å². The van der Waals surface area contributed by atoms with Gasteiger partial charge < -0.3 is 15.4 Å². The maximum absolute atomic E-state index is 5.82. The fourth-order valence-electron chi connectivity index (χ4n) is 2.22. The van der Waals surface area contributed by atoms with E-state index in [0.717, 1.165) is 25.5 Å². The summed E-state index contributed by atoms with van der Waals surface area (Å²) in [6.45, 7) is 7.22. The van der Waals surface area contributed by atoms with Crippen LogP contribution in [0.15, 0.2) is 6.33 Å². The number of ether oxygens (including phenoxy) is 1. The van der Waals surface area contributed by atoms with Gasteiger partial charge in [0.25, 0.3) is 0 Å². The quantitative estimate of drug-likeness (QED) is 0.830. The first-order chi connectivity index (χ1) is 8.45. The Labute approximate surface area is 108 Å². The van der Waals surface area contributed by atoms with Gasteiger partial charge in [-0.1, -0.05) is 0 Å². The molecule has 0 aromatic carbocycles. The van der Waals surface area contributed by atoms with Gasteiger partial charge in [-0.3, -0.25) is 4.90 Å². The van der Waals surface area contributed by atoms with Crippen LogP contribution in [0.5, 0.6) is 5.75 Å². The smallest absolute Gasteiger partial charge is 0.204 e. The standard InChI is InChI=1S/C12H21N5O/c1-12(2)7-17(6-5-16(12)3)11-9(18-4)10(13)14-8-15-11/h8H,5-7H2,1-4H3,(H2,13,14,15). The number of nitrogens with two attached hydrogens (primary N) is 1. The molecule has 0 radical (unpaired) electrons. The predicted molar refractivity (Wildman–Crippen MR) is 71.9 cm³/mol. The summed E-state index contributed by atoms with van der Waals surface area (Å²) < 4.78 is 5.32. The summed E-state index contributed by atoms with van der Waals surface area (Å²) in [4.78, 5) is 12.8. The van der Waals surface area contributed by atoms with Crippen LogP contribution in [-0.2, 0) is 0 Å². The fraction of sp³-hybridized carbons (Fsp3) is 0.667. The van der Waals surface area contributed by atoms with E-state index in [4.69, 9.17) is 10.5 Å². The molecule has 2 heterocycles. The zero-order valence-corrected chi connectivity index (χ0v) is 11.5. The summed E-state index contributed by atoms with van der Waals surface area (Å²) in [5, 5.41) is 0. The normalized spacial score (nSPS) is 19.9. The van der Waals surface area contributed by atoms with Crippen LogP contribution in [0.2, 0.25) is 0 Å². The van der Waals surface area contributed by atoms with Crippen molar-refractivity contribution >= 4 is 11.6 Å². The molecule has 18 heavy (non-hydrogen) atoms. The predicted octanol–water partition coefficient (Wildman–Crippen LogP) is 0.598. The highest BCUT2D eigenvalue weighted by atomic mass is 16.5. The summed E-state index contributed by atoms with van der Waals surface area (Å²) in [6.07, 6.45) is 1.48. The molecule has 0 atom stereocenters. The molecule has 1 fully saturated rings. The van der Waals surface area contributed by atoms with Crippen molar-refractivity contribution in [2.45, 2.75) is 19.4 Å². The van der Waals surface area contributed by atoms with Gasteiger partial charge in [-0.05, 0) is 20.9 Å². The lowest BCUT2D eigenvalue weighted by molar-refractivity contribution is 0.138. The van der Waals surface area contributed by atoms with E-state index in [1.807, 2.05) is 0 Å². The van der Waals surface area contributed by atoms with E-state index in [0.29, 0.717) is 11.6 Å². The topological polar surface area (TPSA) is 67.5 Å². The van der Waals surface area contributed by atoms with Crippen LogP contribution in [0.1, 0.15) is 13.8 Å². The second-order valence-electron chi connectivity index (χ2n) is 5.27. The third-order valence-corrected chi connectivity index (χ3v) is 3.63. The minimum absolute atomic E-state index is 0.100. The van der Waals surface area contributed by atoms with Crippen LogP contribution in [-0.4, -0.2) is 54.2 Å². The van der Waals surface area contributed by atoms with Crippen molar-refractivity contribution in [1.82, 2.24) is 14.9 Å². The van der Waals surface area contributed by atoms with Gasteiger partial charge in [0.15, 0.2) is 11.6 Å². The van der Waals surface area contributed by atoms with E-state index in [1.54, 1.807) is 7.11 Å². The molecular formula is C12H21N5O. The Kier molecular flexibility index (Phi) is 3.30. The molecule has 1 aromatic heterocycles. The second kappa shape index (κ2) is 4.61. The first-order valence-corrected chi connectivity index (χ1v) is 6.06. The van der Waals surface area contributed by atoms with E-state index in [9.17, 15) is 0 Å². The number of aromatic nitrogens is 2. The minimum atomic E-state index is 0.100. The molecule has 0 aliphatic carbocycles. The summed E-state index contributed by atoms with van der Waals surface area (Å²) in [6, 6.07) is 0. The molecule has 1 saturated heterocycles. The van der Waals surface area contributed by atoms with Crippen LogP contribution >= 0.6 is 0 Å². The highest BCUT2D eigenvalue weighted by Crippen LogP contribution is 2.32. The van der Waals surface area contributed by atoms with E-state index in [2.05, 4.69) is 40.7 Å². The number of nitrogens with zero attached hydrogens (tertiary/aromatic N) is 4. The van der Waals surface area contributed by atoms with E-state index in [-0.39, 0.29) is 5.54 Å². The lowest BCUT2D eigenvalue weighted by Crippen LogP contribution is -2.58.